The number of hydrogen-bond acceptors (Lipinski definition) is 5. The van der Waals surface area contributed by atoms with Crippen molar-refractivity contribution in [1.29, 1.82) is 0 Å². The molecule has 0 atom stereocenters. The summed E-state index contributed by atoms with van der Waals surface area (Å²) in [7, 11) is 0. The number of hydrogen-bond donors (Lipinski definition) is 1. The van der Waals surface area contributed by atoms with E-state index in [0.717, 1.165) is 10.0 Å². The Morgan fingerprint density at radius 1 is 1.03 bits per heavy atom. The van der Waals surface area contributed by atoms with Crippen molar-refractivity contribution in [3.63, 3.8) is 0 Å². The Labute approximate surface area is 222 Å². The van der Waals surface area contributed by atoms with Gasteiger partial charge in [0.15, 0.2) is 17.2 Å². The topological polar surface area (TPSA) is 69.2 Å². The zero-order valence-corrected chi connectivity index (χ0v) is 22.0. The molecule has 0 aliphatic carbocycles. The predicted octanol–water partition coefficient (Wildman–Crippen LogP) is 7.06. The summed E-state index contributed by atoms with van der Waals surface area (Å²) in [4.78, 5) is 12.5. The quantitative estimate of drug-likeness (QED) is 0.150. The van der Waals surface area contributed by atoms with Gasteiger partial charge in [0.2, 0.25) is 0 Å². The van der Waals surface area contributed by atoms with Gasteiger partial charge < -0.3 is 14.2 Å². The molecule has 182 valence electrons. The van der Waals surface area contributed by atoms with Gasteiger partial charge in [0.1, 0.15) is 13.2 Å². The summed E-state index contributed by atoms with van der Waals surface area (Å²) >= 11 is 16.1. The first-order valence-electron chi connectivity index (χ1n) is 10.6. The minimum Gasteiger partial charge on any atom is -0.490 e. The first-order chi connectivity index (χ1) is 16.9. The predicted molar refractivity (Wildman–Crippen MR) is 143 cm³/mol. The maximum atomic E-state index is 12.5. The molecule has 0 aromatic heterocycles. The minimum absolute atomic E-state index is 0.317. The van der Waals surface area contributed by atoms with E-state index in [-0.39, 0.29) is 0 Å². The van der Waals surface area contributed by atoms with Crippen LogP contribution in [0.1, 0.15) is 28.4 Å². The van der Waals surface area contributed by atoms with Gasteiger partial charge in [-0.1, -0.05) is 63.9 Å². The zero-order chi connectivity index (χ0) is 25.2. The van der Waals surface area contributed by atoms with Crippen molar-refractivity contribution in [2.24, 2.45) is 5.10 Å². The molecular formula is C26H23BrCl2N2O4. The van der Waals surface area contributed by atoms with E-state index in [1.165, 1.54) is 6.21 Å². The minimum atomic E-state index is -0.413. The van der Waals surface area contributed by atoms with Crippen LogP contribution in [0.25, 0.3) is 0 Å². The molecule has 0 radical (unpaired) electrons. The van der Waals surface area contributed by atoms with Crippen molar-refractivity contribution >= 4 is 51.3 Å². The fourth-order valence-corrected chi connectivity index (χ4v) is 3.82. The highest BCUT2D eigenvalue weighted by Crippen LogP contribution is 2.34. The molecule has 0 saturated carbocycles. The normalized spacial score (nSPS) is 10.7. The molecule has 0 saturated heterocycles. The molecule has 0 aliphatic heterocycles. The van der Waals surface area contributed by atoms with Gasteiger partial charge in [-0.3, -0.25) is 4.79 Å². The lowest BCUT2D eigenvalue weighted by Gasteiger charge is -2.12. The van der Waals surface area contributed by atoms with E-state index in [0.29, 0.717) is 58.2 Å². The van der Waals surface area contributed by atoms with Crippen molar-refractivity contribution in [2.45, 2.75) is 13.5 Å². The fourth-order valence-electron chi connectivity index (χ4n) is 2.94. The smallest absolute Gasteiger partial charge is 0.271 e. The Balaban J connectivity index is 1.64. The SMILES string of the molecule is C=CCOc1ccc(C(=O)N/N=C/c2cc(Cl)c(OCc3ccc(Br)cc3)c(Cl)c2)cc1OCC. The van der Waals surface area contributed by atoms with Crippen molar-refractivity contribution in [1.82, 2.24) is 5.43 Å². The molecule has 6 nitrogen and oxygen atoms in total. The van der Waals surface area contributed by atoms with Crippen molar-refractivity contribution in [2.75, 3.05) is 13.2 Å². The average Bonchev–Trinajstić information content (AvgIpc) is 2.84. The number of carbonyl (C=O) groups is 1. The number of hydrazone groups is 1. The molecule has 0 heterocycles. The second-order valence-corrected chi connectivity index (χ2v) is 8.85. The van der Waals surface area contributed by atoms with Gasteiger partial charge in [0, 0.05) is 10.0 Å². The van der Waals surface area contributed by atoms with Gasteiger partial charge in [-0.2, -0.15) is 5.10 Å². The van der Waals surface area contributed by atoms with Gasteiger partial charge in [-0.25, -0.2) is 5.43 Å². The van der Waals surface area contributed by atoms with Gasteiger partial charge in [-0.05, 0) is 60.5 Å². The summed E-state index contributed by atoms with van der Waals surface area (Å²) in [5.41, 5.74) is 4.42. The van der Waals surface area contributed by atoms with Crippen molar-refractivity contribution in [3.05, 3.63) is 98.5 Å². The molecule has 1 amide bonds. The van der Waals surface area contributed by atoms with Crippen LogP contribution in [0, 0.1) is 0 Å². The van der Waals surface area contributed by atoms with E-state index in [1.807, 2.05) is 31.2 Å². The second-order valence-electron chi connectivity index (χ2n) is 7.12. The van der Waals surface area contributed by atoms with Crippen LogP contribution in [-0.4, -0.2) is 25.3 Å². The molecular weight excluding hydrogens is 555 g/mol. The lowest BCUT2D eigenvalue weighted by Crippen LogP contribution is -2.17. The highest BCUT2D eigenvalue weighted by atomic mass is 79.9. The van der Waals surface area contributed by atoms with Crippen LogP contribution in [0.15, 0.2) is 76.8 Å². The number of benzene rings is 3. The summed E-state index contributed by atoms with van der Waals surface area (Å²) in [5.74, 6) is 0.950. The number of halogens is 3. The fraction of sp³-hybridized carbons (Fsp3) is 0.154. The van der Waals surface area contributed by atoms with E-state index in [4.69, 9.17) is 37.4 Å². The van der Waals surface area contributed by atoms with E-state index >= 15 is 0 Å². The molecule has 3 aromatic carbocycles. The monoisotopic (exact) mass is 576 g/mol. The standard InChI is InChI=1S/C26H23BrCl2N2O4/c1-3-11-34-23-10-7-19(14-24(23)33-4-2)26(32)31-30-15-18-12-21(28)25(22(29)13-18)35-16-17-5-8-20(27)9-6-17/h3,5-10,12-15H,1,4,11,16H2,2H3,(H,31,32)/b30-15+. The summed E-state index contributed by atoms with van der Waals surface area (Å²) in [6, 6.07) is 15.9. The first kappa shape index (κ1) is 26.6. The number of nitrogens with one attached hydrogen (secondary N) is 1. The molecule has 3 aromatic rings. The Morgan fingerprint density at radius 3 is 2.40 bits per heavy atom. The van der Waals surface area contributed by atoms with Crippen LogP contribution < -0.4 is 19.6 Å². The van der Waals surface area contributed by atoms with Gasteiger partial charge in [0.05, 0.1) is 22.9 Å². The lowest BCUT2D eigenvalue weighted by atomic mass is 10.2. The van der Waals surface area contributed by atoms with Gasteiger partial charge >= 0.3 is 0 Å². The largest absolute Gasteiger partial charge is 0.490 e. The van der Waals surface area contributed by atoms with Crippen molar-refractivity contribution < 1.29 is 19.0 Å². The van der Waals surface area contributed by atoms with Gasteiger partial charge in [-0.15, -0.1) is 0 Å². The van der Waals surface area contributed by atoms with Crippen LogP contribution in [0.2, 0.25) is 10.0 Å². The molecule has 0 fully saturated rings. The number of ether oxygens (including phenoxy) is 3. The maximum absolute atomic E-state index is 12.5. The molecule has 0 aliphatic rings. The third-order valence-corrected chi connectivity index (χ3v) is 5.65. The van der Waals surface area contributed by atoms with Crippen LogP contribution in [-0.2, 0) is 6.61 Å². The van der Waals surface area contributed by atoms with Gasteiger partial charge in [0.25, 0.3) is 5.91 Å². The Kier molecular flexibility index (Phi) is 10.0. The number of carbonyl (C=O) groups excluding carboxylic acids is 1. The maximum Gasteiger partial charge on any atom is 0.271 e. The Bertz CT molecular complexity index is 1190. The first-order valence-corrected chi connectivity index (χ1v) is 12.2. The third kappa shape index (κ3) is 7.75. The zero-order valence-electron chi connectivity index (χ0n) is 18.9. The third-order valence-electron chi connectivity index (χ3n) is 4.56. The summed E-state index contributed by atoms with van der Waals surface area (Å²) < 4.78 is 17.9. The van der Waals surface area contributed by atoms with E-state index in [1.54, 1.807) is 36.4 Å². The average molecular weight is 578 g/mol. The second kappa shape index (κ2) is 13.2. The lowest BCUT2D eigenvalue weighted by molar-refractivity contribution is 0.0954. The van der Waals surface area contributed by atoms with E-state index in [9.17, 15) is 4.79 Å². The Hall–Kier alpha value is -3.00. The molecule has 0 spiro atoms. The highest BCUT2D eigenvalue weighted by Gasteiger charge is 2.12. The van der Waals surface area contributed by atoms with E-state index in [2.05, 4.69) is 33.0 Å². The highest BCUT2D eigenvalue weighted by molar-refractivity contribution is 9.10. The Morgan fingerprint density at radius 2 is 1.74 bits per heavy atom. The van der Waals surface area contributed by atoms with Crippen molar-refractivity contribution in [3.8, 4) is 17.2 Å². The molecule has 1 N–H and O–H groups in total. The van der Waals surface area contributed by atoms with Crippen LogP contribution in [0.4, 0.5) is 0 Å². The summed E-state index contributed by atoms with van der Waals surface area (Å²) in [6.45, 7) is 6.55. The number of rotatable bonds is 11. The molecule has 0 unspecified atom stereocenters. The summed E-state index contributed by atoms with van der Waals surface area (Å²) in [6.07, 6.45) is 3.07. The number of amides is 1. The van der Waals surface area contributed by atoms with Crippen LogP contribution in [0.5, 0.6) is 17.2 Å². The van der Waals surface area contributed by atoms with Crippen LogP contribution in [0.3, 0.4) is 0 Å². The van der Waals surface area contributed by atoms with E-state index < -0.39 is 5.91 Å². The van der Waals surface area contributed by atoms with Crippen LogP contribution >= 0.6 is 39.1 Å². The number of nitrogens with zero attached hydrogens (tertiary/aromatic N) is 1. The molecule has 35 heavy (non-hydrogen) atoms. The summed E-state index contributed by atoms with van der Waals surface area (Å²) in [5, 5.41) is 4.67. The molecule has 3 rings (SSSR count). The molecule has 0 bridgehead atoms. The molecule has 9 heteroatoms.